The minimum Gasteiger partial charge on any atom is -0.439 e. The highest BCUT2D eigenvalue weighted by molar-refractivity contribution is 7.91. The number of nitrogens with zero attached hydrogens (tertiary/aromatic N) is 1. The number of carbonyl (C=O) groups is 1. The molecule has 27 heavy (non-hydrogen) atoms. The second-order valence-electron chi connectivity index (χ2n) is 5.34. The highest BCUT2D eigenvalue weighted by atomic mass is 35.5. The SMILES string of the molecule is O=C(Nc1cccc([N+](=O)[O-])c1)c1ccc(S(=O)(=O)c2ccc(Cl)cc2)o1. The molecule has 138 valence electrons. The number of hydrogen-bond acceptors (Lipinski definition) is 6. The number of hydrogen-bond donors (Lipinski definition) is 1. The van der Waals surface area contributed by atoms with Gasteiger partial charge in [-0.2, -0.15) is 0 Å². The molecule has 0 saturated carbocycles. The predicted molar refractivity (Wildman–Crippen MR) is 96.7 cm³/mol. The fraction of sp³-hybridized carbons (Fsp3) is 0. The van der Waals surface area contributed by atoms with Crippen LogP contribution >= 0.6 is 11.6 Å². The van der Waals surface area contributed by atoms with E-state index in [1.54, 1.807) is 0 Å². The van der Waals surface area contributed by atoms with E-state index in [2.05, 4.69) is 5.32 Å². The van der Waals surface area contributed by atoms with Gasteiger partial charge < -0.3 is 9.73 Å². The lowest BCUT2D eigenvalue weighted by atomic mass is 10.2. The summed E-state index contributed by atoms with van der Waals surface area (Å²) >= 11 is 5.75. The summed E-state index contributed by atoms with van der Waals surface area (Å²) in [4.78, 5) is 22.4. The van der Waals surface area contributed by atoms with Crippen molar-refractivity contribution in [2.75, 3.05) is 5.32 Å². The quantitative estimate of drug-likeness (QED) is 0.506. The van der Waals surface area contributed by atoms with Gasteiger partial charge in [-0.05, 0) is 42.5 Å². The van der Waals surface area contributed by atoms with E-state index in [9.17, 15) is 23.3 Å². The zero-order chi connectivity index (χ0) is 19.6. The molecule has 1 aromatic heterocycles. The number of nitro benzene ring substituents is 1. The Morgan fingerprint density at radius 2 is 1.78 bits per heavy atom. The van der Waals surface area contributed by atoms with E-state index in [4.69, 9.17) is 16.0 Å². The lowest BCUT2D eigenvalue weighted by molar-refractivity contribution is -0.384. The van der Waals surface area contributed by atoms with Crippen LogP contribution in [0.25, 0.3) is 0 Å². The number of rotatable bonds is 5. The summed E-state index contributed by atoms with van der Waals surface area (Å²) in [6, 6.07) is 13.2. The molecule has 0 radical (unpaired) electrons. The fourth-order valence-electron chi connectivity index (χ4n) is 2.21. The Morgan fingerprint density at radius 3 is 2.44 bits per heavy atom. The highest BCUT2D eigenvalue weighted by Gasteiger charge is 2.23. The molecule has 0 bridgehead atoms. The molecule has 0 fully saturated rings. The van der Waals surface area contributed by atoms with E-state index >= 15 is 0 Å². The van der Waals surface area contributed by atoms with Gasteiger partial charge in [0.2, 0.25) is 14.9 Å². The number of amides is 1. The van der Waals surface area contributed by atoms with Crippen LogP contribution in [-0.2, 0) is 9.84 Å². The number of nitro groups is 1. The van der Waals surface area contributed by atoms with Gasteiger partial charge in [0.1, 0.15) is 0 Å². The van der Waals surface area contributed by atoms with Crippen LogP contribution in [0.5, 0.6) is 0 Å². The monoisotopic (exact) mass is 406 g/mol. The van der Waals surface area contributed by atoms with Crippen molar-refractivity contribution in [2.24, 2.45) is 0 Å². The predicted octanol–water partition coefficient (Wildman–Crippen LogP) is 3.93. The van der Waals surface area contributed by atoms with Crippen LogP contribution in [0.1, 0.15) is 10.6 Å². The summed E-state index contributed by atoms with van der Waals surface area (Å²) in [5.74, 6) is -0.998. The Bertz CT molecular complexity index is 1120. The highest BCUT2D eigenvalue weighted by Crippen LogP contribution is 2.25. The van der Waals surface area contributed by atoms with Gasteiger partial charge in [0, 0.05) is 22.8 Å². The van der Waals surface area contributed by atoms with E-state index in [0.29, 0.717) is 5.02 Å². The van der Waals surface area contributed by atoms with Crippen LogP contribution in [-0.4, -0.2) is 19.2 Å². The van der Waals surface area contributed by atoms with Crippen molar-refractivity contribution >= 4 is 38.7 Å². The van der Waals surface area contributed by atoms with Gasteiger partial charge >= 0.3 is 0 Å². The number of carbonyl (C=O) groups excluding carboxylic acids is 1. The lowest BCUT2D eigenvalue weighted by Crippen LogP contribution is -2.11. The number of benzene rings is 2. The van der Waals surface area contributed by atoms with E-state index in [-0.39, 0.29) is 22.0 Å². The third kappa shape index (κ3) is 3.99. The van der Waals surface area contributed by atoms with Crippen LogP contribution in [0.3, 0.4) is 0 Å². The van der Waals surface area contributed by atoms with E-state index < -0.39 is 25.8 Å². The van der Waals surface area contributed by atoms with Crippen molar-refractivity contribution < 1.29 is 22.6 Å². The first-order valence-electron chi connectivity index (χ1n) is 7.44. The van der Waals surface area contributed by atoms with Gasteiger partial charge in [-0.1, -0.05) is 17.7 Å². The van der Waals surface area contributed by atoms with Crippen molar-refractivity contribution in [1.82, 2.24) is 0 Å². The normalized spacial score (nSPS) is 11.1. The summed E-state index contributed by atoms with van der Waals surface area (Å²) < 4.78 is 30.2. The molecule has 0 aliphatic heterocycles. The Balaban J connectivity index is 1.83. The maximum atomic E-state index is 12.5. The second-order valence-corrected chi connectivity index (χ2v) is 7.65. The van der Waals surface area contributed by atoms with E-state index in [1.807, 2.05) is 0 Å². The second kappa shape index (κ2) is 7.22. The van der Waals surface area contributed by atoms with Crippen LogP contribution < -0.4 is 5.32 Å². The molecule has 10 heteroatoms. The third-order valence-electron chi connectivity index (χ3n) is 3.51. The summed E-state index contributed by atoms with van der Waals surface area (Å²) in [5.41, 5.74) is -0.0223. The standard InChI is InChI=1S/C17H11ClN2O6S/c18-11-4-6-14(7-5-11)27(24,25)16-9-8-15(26-16)17(21)19-12-2-1-3-13(10-12)20(22)23/h1-10H,(H,19,21). The van der Waals surface area contributed by atoms with E-state index in [1.165, 1.54) is 54.6 Å². The molecule has 3 aromatic rings. The number of nitrogens with one attached hydrogen (secondary N) is 1. The van der Waals surface area contributed by atoms with Gasteiger partial charge in [-0.25, -0.2) is 8.42 Å². The average Bonchev–Trinajstić information content (AvgIpc) is 3.13. The molecule has 0 unspecified atom stereocenters. The molecule has 0 atom stereocenters. The Kier molecular flexibility index (Phi) is 4.98. The first-order valence-corrected chi connectivity index (χ1v) is 9.30. The number of non-ortho nitro benzene ring substituents is 1. The van der Waals surface area contributed by atoms with Gasteiger partial charge in [0.15, 0.2) is 5.76 Å². The van der Waals surface area contributed by atoms with Crippen molar-refractivity contribution in [3.05, 3.63) is 81.6 Å². The molecule has 1 N–H and O–H groups in total. The van der Waals surface area contributed by atoms with Gasteiger partial charge in [-0.3, -0.25) is 14.9 Å². The first kappa shape index (κ1) is 18.6. The maximum Gasteiger partial charge on any atom is 0.291 e. The van der Waals surface area contributed by atoms with E-state index in [0.717, 1.165) is 6.07 Å². The zero-order valence-electron chi connectivity index (χ0n) is 13.5. The van der Waals surface area contributed by atoms with Crippen LogP contribution in [0, 0.1) is 10.1 Å². The smallest absolute Gasteiger partial charge is 0.291 e. The molecule has 1 amide bonds. The average molecular weight is 407 g/mol. The van der Waals surface area contributed by atoms with Gasteiger partial charge in [-0.15, -0.1) is 0 Å². The topological polar surface area (TPSA) is 120 Å². The summed E-state index contributed by atoms with van der Waals surface area (Å²) in [6.07, 6.45) is 0. The van der Waals surface area contributed by atoms with Crippen LogP contribution in [0.2, 0.25) is 5.02 Å². The minimum atomic E-state index is -3.95. The molecule has 0 saturated heterocycles. The number of anilines is 1. The van der Waals surface area contributed by atoms with Crippen molar-refractivity contribution in [3.8, 4) is 0 Å². The minimum absolute atomic E-state index is 0.0353. The molecule has 0 aliphatic carbocycles. The molecule has 3 rings (SSSR count). The molecule has 0 spiro atoms. The molecule has 1 heterocycles. The lowest BCUT2D eigenvalue weighted by Gasteiger charge is -2.03. The first-order chi connectivity index (χ1) is 12.8. The molecule has 2 aromatic carbocycles. The third-order valence-corrected chi connectivity index (χ3v) is 5.40. The molecule has 8 nitrogen and oxygen atoms in total. The Labute approximate surface area is 158 Å². The van der Waals surface area contributed by atoms with Crippen LogP contribution in [0.4, 0.5) is 11.4 Å². The van der Waals surface area contributed by atoms with Gasteiger partial charge in [0.05, 0.1) is 9.82 Å². The zero-order valence-corrected chi connectivity index (χ0v) is 15.0. The van der Waals surface area contributed by atoms with Gasteiger partial charge in [0.25, 0.3) is 11.6 Å². The Hall–Kier alpha value is -3.17. The van der Waals surface area contributed by atoms with Crippen LogP contribution in [0.15, 0.2) is 75.1 Å². The molecular weight excluding hydrogens is 396 g/mol. The largest absolute Gasteiger partial charge is 0.439 e. The summed E-state index contributed by atoms with van der Waals surface area (Å²) in [5, 5.41) is 13.2. The van der Waals surface area contributed by atoms with Crippen molar-refractivity contribution in [1.29, 1.82) is 0 Å². The molecule has 0 aliphatic rings. The maximum absolute atomic E-state index is 12.5. The van der Waals surface area contributed by atoms with Crippen molar-refractivity contribution in [2.45, 2.75) is 9.99 Å². The molecular formula is C17H11ClN2O6S. The number of halogens is 1. The number of sulfone groups is 1. The summed E-state index contributed by atoms with van der Waals surface area (Å²) in [7, 11) is -3.95. The summed E-state index contributed by atoms with van der Waals surface area (Å²) in [6.45, 7) is 0. The van der Waals surface area contributed by atoms with Crippen molar-refractivity contribution in [3.63, 3.8) is 0 Å². The Morgan fingerprint density at radius 1 is 1.07 bits per heavy atom. The number of furan rings is 1. The fourth-order valence-corrected chi connectivity index (χ4v) is 3.51.